The van der Waals surface area contributed by atoms with Crippen LogP contribution < -0.4 is 0 Å². The molecule has 2 heterocycles. The molecular weight excluding hydrogens is 490 g/mol. The van der Waals surface area contributed by atoms with Gasteiger partial charge in [-0.2, -0.15) is 0 Å². The predicted molar refractivity (Wildman–Crippen MR) is 144 cm³/mol. The van der Waals surface area contributed by atoms with Crippen LogP contribution in [0.2, 0.25) is 5.02 Å². The van der Waals surface area contributed by atoms with Crippen LogP contribution in [0.4, 0.5) is 0 Å². The third-order valence-corrected chi connectivity index (χ3v) is 9.92. The largest absolute Gasteiger partial charge is 0.396 e. The molecule has 1 aliphatic heterocycles. The zero-order valence-electron chi connectivity index (χ0n) is 18.5. The first-order valence-corrected chi connectivity index (χ1v) is 14.2. The van der Waals surface area contributed by atoms with Gasteiger partial charge in [0.1, 0.15) is 4.32 Å². The number of unbranched alkanes of at least 4 members (excludes halogenated alkanes) is 2. The van der Waals surface area contributed by atoms with Crippen LogP contribution in [0, 0.1) is 11.8 Å². The van der Waals surface area contributed by atoms with Crippen molar-refractivity contribution in [1.29, 1.82) is 0 Å². The van der Waals surface area contributed by atoms with Crippen LogP contribution in [-0.2, 0) is 11.2 Å². The number of benzene rings is 1. The second-order valence-electron chi connectivity index (χ2n) is 9.34. The third kappa shape index (κ3) is 4.96. The second kappa shape index (κ2) is 10.2. The minimum Gasteiger partial charge on any atom is -0.396 e. The van der Waals surface area contributed by atoms with Crippen molar-refractivity contribution in [1.82, 2.24) is 4.90 Å². The number of hydrogen-bond donors (Lipinski definition) is 1. The highest BCUT2D eigenvalue weighted by Crippen LogP contribution is 2.49. The lowest BCUT2D eigenvalue weighted by Gasteiger charge is -2.30. The summed E-state index contributed by atoms with van der Waals surface area (Å²) in [5.74, 6) is 1.50. The number of thioether (sulfide) groups is 1. The summed E-state index contributed by atoms with van der Waals surface area (Å²) in [6.45, 7) is 0.239. The van der Waals surface area contributed by atoms with E-state index in [0.717, 1.165) is 62.7 Å². The zero-order valence-corrected chi connectivity index (χ0v) is 21.7. The van der Waals surface area contributed by atoms with E-state index >= 15 is 0 Å². The fourth-order valence-corrected chi connectivity index (χ4v) is 8.30. The summed E-state index contributed by atoms with van der Waals surface area (Å²) in [6.07, 6.45) is 10.8. The summed E-state index contributed by atoms with van der Waals surface area (Å²) in [7, 11) is 0. The Balaban J connectivity index is 1.39. The summed E-state index contributed by atoms with van der Waals surface area (Å²) in [4.78, 5) is 18.3. The van der Waals surface area contributed by atoms with E-state index in [0.29, 0.717) is 12.0 Å². The first-order chi connectivity index (χ1) is 16.0. The Morgan fingerprint density at radius 3 is 2.67 bits per heavy atom. The monoisotopic (exact) mass is 517 g/mol. The molecule has 1 amide bonds. The number of nitrogens with zero attached hydrogens (tertiary/aromatic N) is 1. The van der Waals surface area contributed by atoms with Crippen LogP contribution in [0.5, 0.6) is 0 Å². The average Bonchev–Trinajstić information content (AvgIpc) is 3.57. The number of hydrogen-bond acceptors (Lipinski definition) is 5. The molecule has 0 spiro atoms. The minimum absolute atomic E-state index is 0.0912. The first kappa shape index (κ1) is 23.6. The van der Waals surface area contributed by atoms with Crippen molar-refractivity contribution in [2.24, 2.45) is 11.8 Å². The molecule has 3 nitrogen and oxygen atoms in total. The van der Waals surface area contributed by atoms with Gasteiger partial charge < -0.3 is 5.11 Å². The van der Waals surface area contributed by atoms with Gasteiger partial charge >= 0.3 is 0 Å². The molecule has 2 aliphatic carbocycles. The fourth-order valence-electron chi connectivity index (χ4n) is 5.58. The van der Waals surface area contributed by atoms with E-state index in [2.05, 4.69) is 18.2 Å². The van der Waals surface area contributed by atoms with Gasteiger partial charge in [-0.25, -0.2) is 0 Å². The molecule has 5 rings (SSSR count). The molecule has 174 valence electrons. The molecule has 2 aromatic rings. The summed E-state index contributed by atoms with van der Waals surface area (Å²) in [6, 6.07) is 10.5. The average molecular weight is 518 g/mol. The Bertz CT molecular complexity index is 1080. The van der Waals surface area contributed by atoms with Crippen molar-refractivity contribution in [3.05, 3.63) is 50.7 Å². The zero-order chi connectivity index (χ0) is 22.9. The summed E-state index contributed by atoms with van der Waals surface area (Å²) < 4.78 is 0.725. The topological polar surface area (TPSA) is 40.5 Å². The van der Waals surface area contributed by atoms with Gasteiger partial charge in [-0.05, 0) is 85.8 Å². The highest BCUT2D eigenvalue weighted by atomic mass is 35.5. The Morgan fingerprint density at radius 2 is 1.97 bits per heavy atom. The molecule has 2 saturated carbocycles. The molecule has 1 N–H and O–H groups in total. The van der Waals surface area contributed by atoms with Crippen LogP contribution >= 0.6 is 46.9 Å². The highest BCUT2D eigenvalue weighted by molar-refractivity contribution is 8.26. The molecule has 3 aliphatic rings. The van der Waals surface area contributed by atoms with Crippen LogP contribution in [0.1, 0.15) is 55.4 Å². The van der Waals surface area contributed by atoms with Gasteiger partial charge in [0.25, 0.3) is 5.91 Å². The van der Waals surface area contributed by atoms with Gasteiger partial charge in [-0.3, -0.25) is 9.69 Å². The van der Waals surface area contributed by atoms with Gasteiger partial charge in [0, 0.05) is 27.4 Å². The maximum absolute atomic E-state index is 13.3. The lowest BCUT2D eigenvalue weighted by atomic mass is 9.94. The Kier molecular flexibility index (Phi) is 7.29. The van der Waals surface area contributed by atoms with E-state index in [4.69, 9.17) is 28.9 Å². The summed E-state index contributed by atoms with van der Waals surface area (Å²) >= 11 is 15.0. The molecule has 1 aromatic heterocycles. The summed E-state index contributed by atoms with van der Waals surface area (Å²) in [5.41, 5.74) is 2.44. The molecule has 33 heavy (non-hydrogen) atoms. The lowest BCUT2D eigenvalue weighted by molar-refractivity contribution is -0.124. The van der Waals surface area contributed by atoms with Gasteiger partial charge in [0.15, 0.2) is 0 Å². The number of halogens is 1. The number of thiophene rings is 1. The molecule has 1 saturated heterocycles. The predicted octanol–water partition coefficient (Wildman–Crippen LogP) is 7.16. The third-order valence-electron chi connectivity index (χ3n) is 7.17. The first-order valence-electron chi connectivity index (χ1n) is 11.8. The highest BCUT2D eigenvalue weighted by Gasteiger charge is 2.47. The maximum atomic E-state index is 13.3. The smallest absolute Gasteiger partial charge is 0.266 e. The molecule has 0 radical (unpaired) electrons. The second-order valence-corrected chi connectivity index (χ2v) is 12.5. The van der Waals surface area contributed by atoms with Crippen molar-refractivity contribution in [2.75, 3.05) is 6.61 Å². The molecule has 3 fully saturated rings. The van der Waals surface area contributed by atoms with E-state index < -0.39 is 0 Å². The van der Waals surface area contributed by atoms with Crippen molar-refractivity contribution in [3.8, 4) is 10.4 Å². The van der Waals surface area contributed by atoms with Crippen molar-refractivity contribution in [3.63, 3.8) is 0 Å². The van der Waals surface area contributed by atoms with Gasteiger partial charge in [0.2, 0.25) is 0 Å². The van der Waals surface area contributed by atoms with Crippen LogP contribution in [0.25, 0.3) is 16.5 Å². The molecule has 3 atom stereocenters. The maximum Gasteiger partial charge on any atom is 0.266 e. The molecule has 2 bridgehead atoms. The van der Waals surface area contributed by atoms with Gasteiger partial charge in [0.05, 0.1) is 4.91 Å². The Labute approximate surface area is 214 Å². The van der Waals surface area contributed by atoms with Crippen molar-refractivity contribution in [2.45, 2.75) is 57.4 Å². The van der Waals surface area contributed by atoms with E-state index in [-0.39, 0.29) is 12.5 Å². The number of carbonyl (C=O) groups excluding carboxylic acids is 1. The normalized spacial score (nSPS) is 25.7. The van der Waals surface area contributed by atoms with E-state index in [1.165, 1.54) is 41.5 Å². The number of carbonyl (C=O) groups is 1. The summed E-state index contributed by atoms with van der Waals surface area (Å²) in [5, 5.41) is 9.83. The van der Waals surface area contributed by atoms with Crippen LogP contribution in [0.15, 0.2) is 35.2 Å². The lowest BCUT2D eigenvalue weighted by Crippen LogP contribution is -2.41. The van der Waals surface area contributed by atoms with E-state index in [1.807, 2.05) is 23.1 Å². The Hall–Kier alpha value is -1.18. The molecule has 7 heteroatoms. The van der Waals surface area contributed by atoms with Gasteiger partial charge in [-0.15, -0.1) is 11.3 Å². The number of fused-ring (bicyclic) bond motifs is 2. The SMILES string of the molecule is O=C1/C(=C/c2cc(CCCCCO)c(-c3ccc(Cl)cc3)s2)SC(=S)N1C1CC2CCC1C2. The molecule has 3 unspecified atom stereocenters. The Morgan fingerprint density at radius 1 is 1.15 bits per heavy atom. The van der Waals surface area contributed by atoms with Crippen molar-refractivity contribution >= 4 is 63.2 Å². The number of thiocarbonyl (C=S) groups is 1. The van der Waals surface area contributed by atoms with Crippen molar-refractivity contribution < 1.29 is 9.90 Å². The fraction of sp³-hybridized carbons (Fsp3) is 0.462. The number of aliphatic hydroxyl groups excluding tert-OH is 1. The minimum atomic E-state index is 0.0912. The molecular formula is C26H28ClNO2S3. The number of aliphatic hydroxyl groups is 1. The number of amides is 1. The molecule has 1 aromatic carbocycles. The standard InChI is InChI=1S/C26H28ClNO2S3/c27-20-9-7-17(8-10-20)24-19(4-2-1-3-11-29)14-21(32-24)15-23-25(30)28(26(31)33-23)22-13-16-5-6-18(22)12-16/h7-10,14-16,18,22,29H,1-6,11-13H2/b23-15-. The quantitative estimate of drug-likeness (QED) is 0.229. The van der Waals surface area contributed by atoms with Gasteiger partial charge in [-0.1, -0.05) is 60.6 Å². The van der Waals surface area contributed by atoms with E-state index in [1.54, 1.807) is 11.3 Å². The van der Waals surface area contributed by atoms with Crippen LogP contribution in [-0.4, -0.2) is 32.9 Å². The number of rotatable bonds is 8. The number of aryl methyl sites for hydroxylation is 1. The van der Waals surface area contributed by atoms with E-state index in [9.17, 15) is 4.79 Å². The van der Waals surface area contributed by atoms with Crippen LogP contribution in [0.3, 0.4) is 0 Å².